The fourth-order valence-corrected chi connectivity index (χ4v) is 2.29. The first kappa shape index (κ1) is 12.8. The van der Waals surface area contributed by atoms with Crippen LogP contribution in [0.5, 0.6) is 0 Å². The van der Waals surface area contributed by atoms with Crippen molar-refractivity contribution in [1.82, 2.24) is 0 Å². The average Bonchev–Trinajstić information content (AvgIpc) is 2.42. The molecule has 2 aromatic carbocycles. The lowest BCUT2D eigenvalue weighted by atomic mass is 9.92. The van der Waals surface area contributed by atoms with Crippen LogP contribution < -0.4 is 0 Å². The van der Waals surface area contributed by atoms with Crippen molar-refractivity contribution in [2.45, 2.75) is 32.6 Å². The summed E-state index contributed by atoms with van der Waals surface area (Å²) in [6, 6.07) is 16.0. The molecular weight excluding hydrogens is 223 g/mol. The summed E-state index contributed by atoms with van der Waals surface area (Å²) < 4.78 is 14.1. The Hall–Kier alpha value is -1.63. The zero-order valence-electron chi connectivity index (χ0n) is 11.0. The van der Waals surface area contributed by atoms with Crippen molar-refractivity contribution in [3.05, 3.63) is 71.0 Å². The highest BCUT2D eigenvalue weighted by Crippen LogP contribution is 2.23. The van der Waals surface area contributed by atoms with E-state index >= 15 is 0 Å². The molecular formula is C17H19F. The van der Waals surface area contributed by atoms with Gasteiger partial charge < -0.3 is 0 Å². The van der Waals surface area contributed by atoms with Crippen LogP contribution in [0.4, 0.5) is 4.39 Å². The molecule has 0 spiro atoms. The van der Waals surface area contributed by atoms with E-state index in [9.17, 15) is 4.39 Å². The Balaban J connectivity index is 2.19. The van der Waals surface area contributed by atoms with Crippen LogP contribution in [0.2, 0.25) is 0 Å². The molecule has 0 saturated carbocycles. The van der Waals surface area contributed by atoms with Gasteiger partial charge in [-0.2, -0.15) is 0 Å². The Morgan fingerprint density at radius 1 is 0.944 bits per heavy atom. The highest BCUT2D eigenvalue weighted by molar-refractivity contribution is 5.29. The highest BCUT2D eigenvalue weighted by Gasteiger charge is 2.11. The third kappa shape index (κ3) is 2.79. The maximum Gasteiger partial charge on any atom is 0.129 e. The molecule has 0 bridgehead atoms. The number of hydrogen-bond acceptors (Lipinski definition) is 0. The number of benzene rings is 2. The summed E-state index contributed by atoms with van der Waals surface area (Å²) >= 11 is 0. The lowest BCUT2D eigenvalue weighted by molar-refractivity contribution is 0.584. The molecule has 1 unspecified atom stereocenters. The molecule has 18 heavy (non-hydrogen) atoms. The van der Waals surface area contributed by atoms with Crippen LogP contribution in [0, 0.1) is 5.82 Å². The van der Waals surface area contributed by atoms with Gasteiger partial charge in [0.1, 0.15) is 5.82 Å². The summed E-state index contributed by atoms with van der Waals surface area (Å²) in [6.45, 7) is 4.14. The van der Waals surface area contributed by atoms with E-state index in [1.165, 1.54) is 5.56 Å². The van der Waals surface area contributed by atoms with E-state index in [-0.39, 0.29) is 5.82 Å². The SMILES string of the molecule is CCc1cccc(CC(C)c2ccccc2)c1F. The maximum atomic E-state index is 14.1. The minimum atomic E-state index is -0.0252. The predicted molar refractivity (Wildman–Crippen MR) is 74.3 cm³/mol. The van der Waals surface area contributed by atoms with E-state index < -0.39 is 0 Å². The first-order valence-electron chi connectivity index (χ1n) is 6.53. The first-order valence-corrected chi connectivity index (χ1v) is 6.53. The van der Waals surface area contributed by atoms with Crippen molar-refractivity contribution < 1.29 is 4.39 Å². The van der Waals surface area contributed by atoms with Crippen LogP contribution >= 0.6 is 0 Å². The van der Waals surface area contributed by atoms with Crippen molar-refractivity contribution in [3.8, 4) is 0 Å². The zero-order chi connectivity index (χ0) is 13.0. The van der Waals surface area contributed by atoms with Crippen molar-refractivity contribution in [3.63, 3.8) is 0 Å². The fraction of sp³-hybridized carbons (Fsp3) is 0.294. The topological polar surface area (TPSA) is 0 Å². The third-order valence-corrected chi connectivity index (χ3v) is 3.43. The highest BCUT2D eigenvalue weighted by atomic mass is 19.1. The third-order valence-electron chi connectivity index (χ3n) is 3.43. The molecule has 94 valence electrons. The van der Waals surface area contributed by atoms with Gasteiger partial charge in [0.15, 0.2) is 0 Å². The Morgan fingerprint density at radius 2 is 1.61 bits per heavy atom. The van der Waals surface area contributed by atoms with Gasteiger partial charge in [0.05, 0.1) is 0 Å². The van der Waals surface area contributed by atoms with Crippen LogP contribution in [-0.2, 0) is 12.8 Å². The van der Waals surface area contributed by atoms with Crippen molar-refractivity contribution >= 4 is 0 Å². The van der Waals surface area contributed by atoms with Gasteiger partial charge in [-0.05, 0) is 35.4 Å². The number of hydrogen-bond donors (Lipinski definition) is 0. The monoisotopic (exact) mass is 242 g/mol. The van der Waals surface area contributed by atoms with Gasteiger partial charge >= 0.3 is 0 Å². The predicted octanol–water partition coefficient (Wildman–Crippen LogP) is 4.73. The normalized spacial score (nSPS) is 12.4. The van der Waals surface area contributed by atoms with Crippen molar-refractivity contribution in [1.29, 1.82) is 0 Å². The smallest absolute Gasteiger partial charge is 0.129 e. The largest absolute Gasteiger partial charge is 0.206 e. The van der Waals surface area contributed by atoms with Gasteiger partial charge in [-0.1, -0.05) is 62.4 Å². The van der Waals surface area contributed by atoms with E-state index in [2.05, 4.69) is 19.1 Å². The number of halogens is 1. The lowest BCUT2D eigenvalue weighted by Gasteiger charge is -2.13. The molecule has 0 saturated heterocycles. The quantitative estimate of drug-likeness (QED) is 0.726. The van der Waals surface area contributed by atoms with Gasteiger partial charge in [0.25, 0.3) is 0 Å². The van der Waals surface area contributed by atoms with E-state index in [0.29, 0.717) is 5.92 Å². The van der Waals surface area contributed by atoms with Crippen molar-refractivity contribution in [2.75, 3.05) is 0 Å². The van der Waals surface area contributed by atoms with Crippen LogP contribution in [0.3, 0.4) is 0 Å². The van der Waals surface area contributed by atoms with Crippen LogP contribution in [-0.4, -0.2) is 0 Å². The molecule has 0 amide bonds. The summed E-state index contributed by atoms with van der Waals surface area (Å²) in [4.78, 5) is 0. The molecule has 0 aliphatic rings. The second kappa shape index (κ2) is 5.81. The molecule has 1 heteroatoms. The summed E-state index contributed by atoms with van der Waals surface area (Å²) in [5.74, 6) is 0.315. The molecule has 0 aromatic heterocycles. The minimum absolute atomic E-state index is 0.0252. The summed E-state index contributed by atoms with van der Waals surface area (Å²) in [5.41, 5.74) is 2.90. The Bertz CT molecular complexity index is 502. The summed E-state index contributed by atoms with van der Waals surface area (Å²) in [7, 11) is 0. The molecule has 2 rings (SSSR count). The van der Waals surface area contributed by atoms with Gasteiger partial charge in [-0.3, -0.25) is 0 Å². The Labute approximate surface area is 108 Å². The number of aryl methyl sites for hydroxylation is 1. The summed E-state index contributed by atoms with van der Waals surface area (Å²) in [6.07, 6.45) is 1.50. The molecule has 1 atom stereocenters. The van der Waals surface area contributed by atoms with Crippen molar-refractivity contribution in [2.24, 2.45) is 0 Å². The van der Waals surface area contributed by atoms with Crippen LogP contribution in [0.1, 0.15) is 36.5 Å². The molecule has 0 N–H and O–H groups in total. The van der Waals surface area contributed by atoms with Crippen LogP contribution in [0.25, 0.3) is 0 Å². The zero-order valence-corrected chi connectivity index (χ0v) is 11.0. The number of rotatable bonds is 4. The van der Waals surface area contributed by atoms with Gasteiger partial charge in [-0.25, -0.2) is 4.39 Å². The van der Waals surface area contributed by atoms with Gasteiger partial charge in [-0.15, -0.1) is 0 Å². The molecule has 0 aliphatic heterocycles. The van der Waals surface area contributed by atoms with E-state index in [0.717, 1.165) is 24.0 Å². The summed E-state index contributed by atoms with van der Waals surface area (Å²) in [5, 5.41) is 0. The minimum Gasteiger partial charge on any atom is -0.206 e. The fourth-order valence-electron chi connectivity index (χ4n) is 2.29. The van der Waals surface area contributed by atoms with Gasteiger partial charge in [0.2, 0.25) is 0 Å². The lowest BCUT2D eigenvalue weighted by Crippen LogP contribution is -2.02. The standard InChI is InChI=1S/C17H19F/c1-3-14-10-7-11-16(17(14)18)12-13(2)15-8-5-4-6-9-15/h4-11,13H,3,12H2,1-2H3. The second-order valence-corrected chi connectivity index (χ2v) is 4.76. The first-order chi connectivity index (χ1) is 8.72. The maximum absolute atomic E-state index is 14.1. The van der Waals surface area contributed by atoms with Crippen LogP contribution in [0.15, 0.2) is 48.5 Å². The Kier molecular flexibility index (Phi) is 4.14. The molecule has 0 nitrogen and oxygen atoms in total. The van der Waals surface area contributed by atoms with E-state index in [1.807, 2.05) is 43.3 Å². The average molecular weight is 242 g/mol. The molecule has 2 aromatic rings. The molecule has 0 fully saturated rings. The van der Waals surface area contributed by atoms with E-state index in [4.69, 9.17) is 0 Å². The van der Waals surface area contributed by atoms with Gasteiger partial charge in [0, 0.05) is 0 Å². The second-order valence-electron chi connectivity index (χ2n) is 4.76. The molecule has 0 radical (unpaired) electrons. The molecule has 0 heterocycles. The molecule has 0 aliphatic carbocycles. The van der Waals surface area contributed by atoms with E-state index in [1.54, 1.807) is 0 Å². The Morgan fingerprint density at radius 3 is 2.28 bits per heavy atom.